The van der Waals surface area contributed by atoms with E-state index in [0.717, 1.165) is 40.8 Å². The van der Waals surface area contributed by atoms with Crippen LogP contribution < -0.4 is 0 Å². The van der Waals surface area contributed by atoms with Crippen LogP contribution in [0.4, 0.5) is 0 Å². The van der Waals surface area contributed by atoms with Crippen LogP contribution in [-0.4, -0.2) is 62.8 Å². The fourth-order valence-corrected chi connectivity index (χ4v) is 3.43. The van der Waals surface area contributed by atoms with Crippen molar-refractivity contribution in [1.29, 1.82) is 0 Å². The fraction of sp³-hybridized carbons (Fsp3) is 0.400. The van der Waals surface area contributed by atoms with E-state index >= 15 is 0 Å². The molecule has 0 radical (unpaired) electrons. The summed E-state index contributed by atoms with van der Waals surface area (Å²) in [5, 5.41) is 6.19. The minimum atomic E-state index is 0.178. The number of aryl methyl sites for hydroxylation is 1. The maximum atomic E-state index is 12.5. The van der Waals surface area contributed by atoms with Crippen molar-refractivity contribution in [3.8, 4) is 11.3 Å². The van der Waals surface area contributed by atoms with Crippen molar-refractivity contribution in [1.82, 2.24) is 24.6 Å². The molecule has 0 saturated carbocycles. The van der Waals surface area contributed by atoms with E-state index in [9.17, 15) is 4.79 Å². The number of hydrogen-bond donors (Lipinski definition) is 0. The monoisotopic (exact) mass is 365 g/mol. The summed E-state index contributed by atoms with van der Waals surface area (Å²) in [5.41, 5.74) is 2.62. The van der Waals surface area contributed by atoms with Gasteiger partial charge in [-0.15, -0.1) is 0 Å². The van der Waals surface area contributed by atoms with E-state index in [2.05, 4.69) is 20.0 Å². The molecule has 27 heavy (non-hydrogen) atoms. The highest BCUT2D eigenvalue weighted by atomic mass is 16.5. The van der Waals surface area contributed by atoms with Gasteiger partial charge in [0.25, 0.3) is 0 Å². The Morgan fingerprint density at radius 3 is 2.85 bits per heavy atom. The van der Waals surface area contributed by atoms with Gasteiger partial charge in [0.05, 0.1) is 37.6 Å². The minimum Gasteiger partial charge on any atom is -0.376 e. The molecule has 1 aliphatic rings. The molecule has 4 heterocycles. The van der Waals surface area contributed by atoms with Gasteiger partial charge in [0, 0.05) is 55.4 Å². The second-order valence-corrected chi connectivity index (χ2v) is 7.13. The molecule has 0 bridgehead atoms. The van der Waals surface area contributed by atoms with Crippen LogP contribution in [0.25, 0.3) is 22.0 Å². The van der Waals surface area contributed by atoms with Gasteiger partial charge in [-0.3, -0.25) is 24.3 Å². The van der Waals surface area contributed by atoms with Crippen molar-refractivity contribution in [2.75, 3.05) is 26.2 Å². The van der Waals surface area contributed by atoms with Crippen LogP contribution in [0.2, 0.25) is 0 Å². The first-order chi connectivity index (χ1) is 13.1. The van der Waals surface area contributed by atoms with Crippen LogP contribution in [0.15, 0.2) is 36.9 Å². The number of morpholine rings is 1. The Labute approximate surface area is 158 Å². The summed E-state index contributed by atoms with van der Waals surface area (Å²) in [7, 11) is 1.88. The molecule has 0 spiro atoms. The fourth-order valence-electron chi connectivity index (χ4n) is 3.43. The quantitative estimate of drug-likeness (QED) is 0.687. The lowest BCUT2D eigenvalue weighted by Gasteiger charge is -2.30. The number of carbonyl (C=O) groups excluding carboxylic acids is 1. The highest BCUT2D eigenvalue weighted by Gasteiger charge is 2.19. The molecule has 0 aliphatic carbocycles. The zero-order chi connectivity index (χ0) is 18.8. The average Bonchev–Trinajstić information content (AvgIpc) is 3.07. The first-order valence-corrected chi connectivity index (χ1v) is 9.16. The molecule has 1 fully saturated rings. The summed E-state index contributed by atoms with van der Waals surface area (Å²) < 4.78 is 7.28. The van der Waals surface area contributed by atoms with Crippen molar-refractivity contribution in [3.63, 3.8) is 0 Å². The Hall–Kier alpha value is -2.64. The van der Waals surface area contributed by atoms with Crippen LogP contribution in [0.5, 0.6) is 0 Å². The molecule has 3 aromatic rings. The molecular formula is C20H23N5O2. The number of pyridine rings is 2. The summed E-state index contributed by atoms with van der Waals surface area (Å²) in [6, 6.07) is 4.00. The highest BCUT2D eigenvalue weighted by molar-refractivity contribution is 5.87. The zero-order valence-electron chi connectivity index (χ0n) is 15.6. The summed E-state index contributed by atoms with van der Waals surface area (Å²) in [4.78, 5) is 23.6. The molecule has 7 nitrogen and oxygen atoms in total. The van der Waals surface area contributed by atoms with Crippen molar-refractivity contribution in [3.05, 3.63) is 42.6 Å². The lowest BCUT2D eigenvalue weighted by molar-refractivity contribution is -0.121. The maximum absolute atomic E-state index is 12.5. The van der Waals surface area contributed by atoms with E-state index in [1.165, 1.54) is 0 Å². The summed E-state index contributed by atoms with van der Waals surface area (Å²) in [6.07, 6.45) is 7.85. The van der Waals surface area contributed by atoms with Crippen molar-refractivity contribution in [2.24, 2.45) is 7.05 Å². The smallest absolute Gasteiger partial charge is 0.152 e. The van der Waals surface area contributed by atoms with Crippen LogP contribution in [0.3, 0.4) is 0 Å². The third-order valence-electron chi connectivity index (χ3n) is 4.76. The van der Waals surface area contributed by atoms with Gasteiger partial charge in [0.2, 0.25) is 0 Å². The Bertz CT molecular complexity index is 968. The van der Waals surface area contributed by atoms with Gasteiger partial charge in [-0.1, -0.05) is 0 Å². The van der Waals surface area contributed by atoms with E-state index < -0.39 is 0 Å². The van der Waals surface area contributed by atoms with Gasteiger partial charge >= 0.3 is 0 Å². The zero-order valence-corrected chi connectivity index (χ0v) is 15.6. The minimum absolute atomic E-state index is 0.178. The van der Waals surface area contributed by atoms with E-state index in [4.69, 9.17) is 4.74 Å². The van der Waals surface area contributed by atoms with Gasteiger partial charge in [0.15, 0.2) is 5.78 Å². The van der Waals surface area contributed by atoms with Gasteiger partial charge in [-0.2, -0.15) is 5.10 Å². The first kappa shape index (κ1) is 17.8. The molecule has 4 rings (SSSR count). The average molecular weight is 365 g/mol. The summed E-state index contributed by atoms with van der Waals surface area (Å²) in [6.45, 7) is 4.78. The summed E-state index contributed by atoms with van der Waals surface area (Å²) in [5.74, 6) is 0.178. The normalized spacial score (nSPS) is 18.1. The summed E-state index contributed by atoms with van der Waals surface area (Å²) >= 11 is 0. The molecule has 3 aromatic heterocycles. The number of hydrogen-bond acceptors (Lipinski definition) is 6. The first-order valence-electron chi connectivity index (χ1n) is 9.16. The van der Waals surface area contributed by atoms with Crippen LogP contribution in [-0.2, 0) is 23.0 Å². The second-order valence-electron chi connectivity index (χ2n) is 7.13. The van der Waals surface area contributed by atoms with Crippen molar-refractivity contribution in [2.45, 2.75) is 19.4 Å². The predicted octanol–water partition coefficient (Wildman–Crippen LogP) is 1.86. The van der Waals surface area contributed by atoms with Gasteiger partial charge in [-0.25, -0.2) is 0 Å². The molecule has 0 unspecified atom stereocenters. The molecular weight excluding hydrogens is 342 g/mol. The van der Waals surface area contributed by atoms with E-state index in [-0.39, 0.29) is 11.9 Å². The lowest BCUT2D eigenvalue weighted by atomic mass is 10.1. The predicted molar refractivity (Wildman–Crippen MR) is 102 cm³/mol. The topological polar surface area (TPSA) is 73.1 Å². The number of carbonyl (C=O) groups is 1. The number of ketones is 1. The van der Waals surface area contributed by atoms with Gasteiger partial charge < -0.3 is 4.74 Å². The van der Waals surface area contributed by atoms with Gasteiger partial charge in [-0.05, 0) is 24.4 Å². The van der Waals surface area contributed by atoms with Crippen LogP contribution >= 0.6 is 0 Å². The standard InChI is InChI=1S/C20H23N5O2/c1-14-11-25(3-4-27-14)13-19(26)7-18-5-15-6-20(17-10-23-24(2)12-17)22-9-16(15)8-21-18/h5-6,8-10,12,14H,3-4,7,11,13H2,1-2H3/t14-/m0/s1. The molecule has 140 valence electrons. The third kappa shape index (κ3) is 4.20. The number of ether oxygens (including phenoxy) is 1. The number of fused-ring (bicyclic) bond motifs is 1. The van der Waals surface area contributed by atoms with Crippen LogP contribution in [0, 0.1) is 0 Å². The molecule has 7 heteroatoms. The largest absolute Gasteiger partial charge is 0.376 e. The highest BCUT2D eigenvalue weighted by Crippen LogP contribution is 2.21. The molecule has 0 amide bonds. The van der Waals surface area contributed by atoms with E-state index in [1.54, 1.807) is 17.1 Å². The number of rotatable bonds is 5. The van der Waals surface area contributed by atoms with E-state index in [1.807, 2.05) is 38.5 Å². The molecule has 0 aromatic carbocycles. The lowest BCUT2D eigenvalue weighted by Crippen LogP contribution is -2.43. The van der Waals surface area contributed by atoms with Crippen LogP contribution in [0.1, 0.15) is 12.6 Å². The number of aromatic nitrogens is 4. The number of nitrogens with zero attached hydrogens (tertiary/aromatic N) is 5. The Morgan fingerprint density at radius 1 is 1.22 bits per heavy atom. The third-order valence-corrected chi connectivity index (χ3v) is 4.76. The SMILES string of the molecule is C[C@H]1CN(CC(=O)Cc2cc3cc(-c4cnn(C)c4)ncc3cn2)CCO1. The Balaban J connectivity index is 1.49. The Kier molecular flexibility index (Phi) is 4.96. The second kappa shape index (κ2) is 7.54. The molecule has 1 atom stereocenters. The van der Waals surface area contributed by atoms with E-state index in [0.29, 0.717) is 19.6 Å². The van der Waals surface area contributed by atoms with Crippen molar-refractivity contribution < 1.29 is 9.53 Å². The molecule has 1 aliphatic heterocycles. The van der Waals surface area contributed by atoms with Gasteiger partial charge in [0.1, 0.15) is 0 Å². The maximum Gasteiger partial charge on any atom is 0.152 e. The molecule has 0 N–H and O–H groups in total. The molecule has 1 saturated heterocycles. The Morgan fingerprint density at radius 2 is 2.07 bits per heavy atom. The number of Topliss-reactive ketones (excluding diaryl/α,β-unsaturated/α-hetero) is 1. The van der Waals surface area contributed by atoms with Crippen molar-refractivity contribution >= 4 is 16.6 Å².